The summed E-state index contributed by atoms with van der Waals surface area (Å²) in [6, 6.07) is 7.95. The normalized spacial score (nSPS) is 19.3. The van der Waals surface area contributed by atoms with Gasteiger partial charge in [0, 0.05) is 37.0 Å². The molecule has 0 saturated carbocycles. The van der Waals surface area contributed by atoms with Gasteiger partial charge in [0.15, 0.2) is 5.13 Å². The number of nitrogens with two attached hydrogens (primary N) is 1. The fraction of sp³-hybridized carbons (Fsp3) is 0.500. The first-order valence-corrected chi connectivity index (χ1v) is 11.9. The third kappa shape index (κ3) is 4.12. The van der Waals surface area contributed by atoms with Gasteiger partial charge in [-0.05, 0) is 50.9 Å². The number of para-hydroxylation sites is 2. The largest absolute Gasteiger partial charge is 0.375 e. The molecule has 0 bridgehead atoms. The molecule has 1 amide bonds. The summed E-state index contributed by atoms with van der Waals surface area (Å²) in [6.45, 7) is 4.06. The highest BCUT2D eigenvalue weighted by molar-refractivity contribution is 7.13. The molecule has 0 aliphatic carbocycles. The minimum absolute atomic E-state index is 0.0554. The van der Waals surface area contributed by atoms with Crippen molar-refractivity contribution in [2.75, 3.05) is 31.9 Å². The predicted molar refractivity (Wildman–Crippen MR) is 122 cm³/mol. The van der Waals surface area contributed by atoms with E-state index in [2.05, 4.69) is 14.9 Å². The van der Waals surface area contributed by atoms with Crippen LogP contribution in [0.1, 0.15) is 37.4 Å². The number of anilines is 1. The number of likely N-dealkylation sites (tertiary alicyclic amines) is 2. The molecule has 1 aromatic carbocycles. The first-order valence-electron chi connectivity index (χ1n) is 11.0. The van der Waals surface area contributed by atoms with E-state index in [1.807, 2.05) is 39.1 Å². The van der Waals surface area contributed by atoms with Crippen molar-refractivity contribution in [3.63, 3.8) is 0 Å². The fourth-order valence-corrected chi connectivity index (χ4v) is 5.56. The van der Waals surface area contributed by atoms with Crippen molar-refractivity contribution < 1.29 is 4.79 Å². The van der Waals surface area contributed by atoms with E-state index in [0.717, 1.165) is 62.0 Å². The van der Waals surface area contributed by atoms with E-state index in [1.54, 1.807) is 0 Å². The van der Waals surface area contributed by atoms with Crippen molar-refractivity contribution >= 4 is 33.4 Å². The van der Waals surface area contributed by atoms with Crippen LogP contribution in [0.3, 0.4) is 0 Å². The standard InChI is InChI=1S/C22H28N6O2S/c23-21-24-16(14-31-21)13-26-9-5-15(6-10-26)20(29)27-11-7-17(8-12-27)28-19-4-2-1-3-18(19)25-22(28)30/h1-4,14-15,17H,5-13H2,(H2,23,24)(H,25,30). The van der Waals surface area contributed by atoms with E-state index in [-0.39, 0.29) is 23.6 Å². The SMILES string of the molecule is Nc1nc(CN2CCC(C(=O)N3CCC(n4c(=O)[nH]c5ccccc54)CC3)CC2)cs1. The molecular weight excluding hydrogens is 412 g/mol. The number of aromatic amines is 1. The highest BCUT2D eigenvalue weighted by Gasteiger charge is 2.32. The molecule has 31 heavy (non-hydrogen) atoms. The van der Waals surface area contributed by atoms with E-state index >= 15 is 0 Å². The summed E-state index contributed by atoms with van der Waals surface area (Å²) in [5.74, 6) is 0.381. The van der Waals surface area contributed by atoms with Gasteiger partial charge in [-0.25, -0.2) is 9.78 Å². The number of fused-ring (bicyclic) bond motifs is 1. The second-order valence-corrected chi connectivity index (χ2v) is 9.49. The van der Waals surface area contributed by atoms with E-state index in [1.165, 1.54) is 11.3 Å². The monoisotopic (exact) mass is 440 g/mol. The molecule has 8 nitrogen and oxygen atoms in total. The van der Waals surface area contributed by atoms with Crippen LogP contribution in [-0.4, -0.2) is 56.4 Å². The third-order valence-electron chi connectivity index (χ3n) is 6.66. The van der Waals surface area contributed by atoms with Gasteiger partial charge in [0.2, 0.25) is 5.91 Å². The van der Waals surface area contributed by atoms with E-state index in [9.17, 15) is 9.59 Å². The summed E-state index contributed by atoms with van der Waals surface area (Å²) in [5, 5.41) is 2.62. The van der Waals surface area contributed by atoms with Gasteiger partial charge >= 0.3 is 5.69 Å². The average molecular weight is 441 g/mol. The Labute approximate surface area is 184 Å². The molecule has 0 radical (unpaired) electrons. The summed E-state index contributed by atoms with van der Waals surface area (Å²) in [7, 11) is 0. The molecule has 2 aromatic heterocycles. The Bertz CT molecular complexity index is 1120. The Kier molecular flexibility index (Phi) is 5.54. The van der Waals surface area contributed by atoms with Crippen LogP contribution >= 0.6 is 11.3 Å². The van der Waals surface area contributed by atoms with E-state index in [0.29, 0.717) is 18.2 Å². The number of nitrogen functional groups attached to an aromatic ring is 1. The second-order valence-electron chi connectivity index (χ2n) is 8.60. The predicted octanol–water partition coefficient (Wildman–Crippen LogP) is 2.44. The number of imidazole rings is 1. The van der Waals surface area contributed by atoms with Crippen molar-refractivity contribution in [1.29, 1.82) is 0 Å². The highest BCUT2D eigenvalue weighted by atomic mass is 32.1. The van der Waals surface area contributed by atoms with Crippen molar-refractivity contribution in [2.24, 2.45) is 5.92 Å². The molecule has 0 spiro atoms. The van der Waals surface area contributed by atoms with Gasteiger partial charge in [-0.2, -0.15) is 0 Å². The molecule has 2 aliphatic rings. The number of hydrogen-bond acceptors (Lipinski definition) is 6. The number of nitrogens with one attached hydrogen (secondary N) is 1. The Morgan fingerprint density at radius 1 is 1.13 bits per heavy atom. The summed E-state index contributed by atoms with van der Waals surface area (Å²) in [4.78, 5) is 37.2. The smallest absolute Gasteiger partial charge is 0.326 e. The lowest BCUT2D eigenvalue weighted by atomic mass is 9.93. The summed E-state index contributed by atoms with van der Waals surface area (Å²) in [5.41, 5.74) is 8.51. The number of benzene rings is 1. The van der Waals surface area contributed by atoms with Crippen molar-refractivity contribution in [2.45, 2.75) is 38.3 Å². The van der Waals surface area contributed by atoms with Crippen LogP contribution in [0.5, 0.6) is 0 Å². The molecule has 164 valence electrons. The number of hydrogen-bond donors (Lipinski definition) is 2. The first kappa shape index (κ1) is 20.3. The van der Waals surface area contributed by atoms with Crippen LogP contribution in [-0.2, 0) is 11.3 Å². The third-order valence-corrected chi connectivity index (χ3v) is 7.38. The van der Waals surface area contributed by atoms with Crippen molar-refractivity contribution in [1.82, 2.24) is 24.3 Å². The average Bonchev–Trinajstić information content (AvgIpc) is 3.35. The number of piperidine rings is 2. The molecule has 3 aromatic rings. The highest BCUT2D eigenvalue weighted by Crippen LogP contribution is 2.28. The summed E-state index contributed by atoms with van der Waals surface area (Å²) < 4.78 is 1.88. The second kappa shape index (κ2) is 8.47. The Morgan fingerprint density at radius 3 is 2.58 bits per heavy atom. The van der Waals surface area contributed by atoms with Crippen molar-refractivity contribution in [3.8, 4) is 0 Å². The van der Waals surface area contributed by atoms with Crippen LogP contribution in [0.15, 0.2) is 34.4 Å². The number of amides is 1. The maximum atomic E-state index is 13.1. The molecular formula is C22H28N6O2S. The maximum Gasteiger partial charge on any atom is 0.326 e. The fourth-order valence-electron chi connectivity index (χ4n) is 5.00. The van der Waals surface area contributed by atoms with E-state index < -0.39 is 0 Å². The summed E-state index contributed by atoms with van der Waals surface area (Å²) >= 11 is 1.47. The minimum atomic E-state index is -0.0554. The number of rotatable bonds is 4. The quantitative estimate of drug-likeness (QED) is 0.649. The summed E-state index contributed by atoms with van der Waals surface area (Å²) in [6.07, 6.45) is 3.41. The number of carbonyl (C=O) groups excluding carboxylic acids is 1. The van der Waals surface area contributed by atoms with Gasteiger partial charge in [0.1, 0.15) is 0 Å². The molecule has 3 N–H and O–H groups in total. The van der Waals surface area contributed by atoms with Crippen molar-refractivity contribution in [3.05, 3.63) is 45.8 Å². The van der Waals surface area contributed by atoms with E-state index in [4.69, 9.17) is 5.73 Å². The van der Waals surface area contributed by atoms with Crippen LogP contribution < -0.4 is 11.4 Å². The molecule has 2 fully saturated rings. The molecule has 5 rings (SSSR count). The Morgan fingerprint density at radius 2 is 1.87 bits per heavy atom. The lowest BCUT2D eigenvalue weighted by Crippen LogP contribution is -2.46. The number of thiazole rings is 1. The topological polar surface area (TPSA) is 100 Å². The van der Waals surface area contributed by atoms with Gasteiger partial charge in [0.05, 0.1) is 16.7 Å². The Hall–Kier alpha value is -2.65. The molecule has 9 heteroatoms. The number of nitrogens with zero attached hydrogens (tertiary/aromatic N) is 4. The van der Waals surface area contributed by atoms with Gasteiger partial charge in [-0.15, -0.1) is 11.3 Å². The van der Waals surface area contributed by atoms with Crippen LogP contribution in [0.25, 0.3) is 11.0 Å². The lowest BCUT2D eigenvalue weighted by Gasteiger charge is -2.37. The van der Waals surface area contributed by atoms with Gasteiger partial charge in [0.25, 0.3) is 0 Å². The van der Waals surface area contributed by atoms with Crippen LogP contribution in [0, 0.1) is 5.92 Å². The molecule has 0 atom stereocenters. The zero-order chi connectivity index (χ0) is 21.4. The number of carbonyl (C=O) groups is 1. The van der Waals surface area contributed by atoms with Gasteiger partial charge in [-0.3, -0.25) is 14.3 Å². The number of H-pyrrole nitrogens is 1. The molecule has 2 aliphatic heterocycles. The molecule has 2 saturated heterocycles. The lowest BCUT2D eigenvalue weighted by molar-refractivity contribution is -0.138. The minimum Gasteiger partial charge on any atom is -0.375 e. The molecule has 4 heterocycles. The Balaban J connectivity index is 1.15. The van der Waals surface area contributed by atoms with Crippen LogP contribution in [0.4, 0.5) is 5.13 Å². The first-order chi connectivity index (χ1) is 15.1. The molecule has 0 unspecified atom stereocenters. The number of aromatic nitrogens is 3. The van der Waals surface area contributed by atoms with Gasteiger partial charge < -0.3 is 15.6 Å². The van der Waals surface area contributed by atoms with Crippen LogP contribution in [0.2, 0.25) is 0 Å². The zero-order valence-electron chi connectivity index (χ0n) is 17.5. The van der Waals surface area contributed by atoms with Gasteiger partial charge in [-0.1, -0.05) is 12.1 Å². The zero-order valence-corrected chi connectivity index (χ0v) is 18.3. The maximum absolute atomic E-state index is 13.1.